The first-order valence-corrected chi connectivity index (χ1v) is 7.07. The van der Waals surface area contributed by atoms with E-state index >= 15 is 0 Å². The molecular weight excluding hydrogens is 290 g/mol. The van der Waals surface area contributed by atoms with Crippen LogP contribution in [0.1, 0.15) is 30.4 Å². The molecule has 2 heterocycles. The monoisotopic (exact) mass is 303 g/mol. The van der Waals surface area contributed by atoms with E-state index in [0.717, 1.165) is 24.4 Å². The average molecular weight is 304 g/mol. The van der Waals surface area contributed by atoms with Crippen LogP contribution in [0.4, 0.5) is 0 Å². The summed E-state index contributed by atoms with van der Waals surface area (Å²) >= 11 is 3.29. The molecular formula is C14H14BrN3. The predicted octanol–water partition coefficient (Wildman–Crippen LogP) is 2.87. The van der Waals surface area contributed by atoms with Gasteiger partial charge in [0.2, 0.25) is 0 Å². The van der Waals surface area contributed by atoms with Crippen LogP contribution in [-0.4, -0.2) is 17.6 Å². The van der Waals surface area contributed by atoms with Gasteiger partial charge in [-0.15, -0.1) is 0 Å². The van der Waals surface area contributed by atoms with Crippen molar-refractivity contribution in [1.29, 1.82) is 5.26 Å². The highest BCUT2D eigenvalue weighted by Gasteiger charge is 2.30. The smallest absolute Gasteiger partial charge is 0.123 e. The number of nitrogens with zero attached hydrogens (tertiary/aromatic N) is 2. The second-order valence-corrected chi connectivity index (χ2v) is 5.70. The number of rotatable bonds is 1. The van der Waals surface area contributed by atoms with E-state index in [2.05, 4.69) is 38.4 Å². The molecule has 0 unspecified atom stereocenters. The Labute approximate surface area is 115 Å². The maximum absolute atomic E-state index is 9.04. The minimum Gasteiger partial charge on any atom is -0.310 e. The molecule has 0 radical (unpaired) electrons. The number of nitrogens with one attached hydrogen (secondary N) is 1. The Kier molecular flexibility index (Phi) is 3.19. The van der Waals surface area contributed by atoms with Crippen LogP contribution >= 0.6 is 15.9 Å². The quantitative estimate of drug-likeness (QED) is 0.812. The highest BCUT2D eigenvalue weighted by molar-refractivity contribution is 9.10. The van der Waals surface area contributed by atoms with Gasteiger partial charge in [-0.3, -0.25) is 0 Å². The van der Waals surface area contributed by atoms with Crippen molar-refractivity contribution in [3.8, 4) is 6.07 Å². The molecule has 0 spiro atoms. The number of piperidine rings is 1. The third kappa shape index (κ3) is 2.09. The number of fused-ring (bicyclic) bond motifs is 1. The molecule has 1 aliphatic carbocycles. The minimum absolute atomic E-state index is 0.517. The van der Waals surface area contributed by atoms with E-state index in [0.29, 0.717) is 16.2 Å². The number of halogens is 1. The molecule has 1 fully saturated rings. The summed E-state index contributed by atoms with van der Waals surface area (Å²) in [6, 6.07) is 4.62. The van der Waals surface area contributed by atoms with Gasteiger partial charge in [0.05, 0.1) is 5.56 Å². The normalized spacial score (nSPS) is 26.3. The van der Waals surface area contributed by atoms with Crippen LogP contribution in [0.2, 0.25) is 0 Å². The van der Waals surface area contributed by atoms with E-state index in [9.17, 15) is 0 Å². The van der Waals surface area contributed by atoms with Gasteiger partial charge in [-0.2, -0.15) is 5.26 Å². The van der Waals surface area contributed by atoms with E-state index in [1.807, 2.05) is 12.3 Å². The first-order chi connectivity index (χ1) is 8.78. The Bertz CT molecular complexity index is 544. The van der Waals surface area contributed by atoms with Gasteiger partial charge < -0.3 is 5.32 Å². The Balaban J connectivity index is 1.90. The Hall–Kier alpha value is -1.18. The first kappa shape index (κ1) is 11.9. The van der Waals surface area contributed by atoms with Crippen LogP contribution in [0, 0.1) is 17.2 Å². The van der Waals surface area contributed by atoms with Crippen molar-refractivity contribution < 1.29 is 0 Å². The van der Waals surface area contributed by atoms with Gasteiger partial charge >= 0.3 is 0 Å². The molecule has 0 bridgehead atoms. The van der Waals surface area contributed by atoms with Crippen LogP contribution < -0.4 is 5.32 Å². The van der Waals surface area contributed by atoms with E-state index < -0.39 is 0 Å². The summed E-state index contributed by atoms with van der Waals surface area (Å²) < 4.78 is 0.628. The van der Waals surface area contributed by atoms with Crippen LogP contribution in [0.3, 0.4) is 0 Å². The van der Waals surface area contributed by atoms with E-state index in [4.69, 9.17) is 5.26 Å². The Morgan fingerprint density at radius 3 is 3.17 bits per heavy atom. The zero-order valence-corrected chi connectivity index (χ0v) is 11.6. The van der Waals surface area contributed by atoms with Crippen molar-refractivity contribution >= 4 is 21.5 Å². The van der Waals surface area contributed by atoms with Gasteiger partial charge in [0, 0.05) is 12.2 Å². The predicted molar refractivity (Wildman–Crippen MR) is 73.8 cm³/mol. The maximum Gasteiger partial charge on any atom is 0.123 e. The molecule has 1 saturated heterocycles. The van der Waals surface area contributed by atoms with Crippen molar-refractivity contribution in [3.05, 3.63) is 34.1 Å². The molecule has 2 atom stereocenters. The topological polar surface area (TPSA) is 48.7 Å². The number of pyridine rings is 1. The zero-order chi connectivity index (χ0) is 12.5. The van der Waals surface area contributed by atoms with Crippen molar-refractivity contribution in [3.63, 3.8) is 0 Å². The third-order valence-electron chi connectivity index (χ3n) is 3.83. The molecule has 3 nitrogen and oxygen atoms in total. The molecule has 1 aromatic rings. The van der Waals surface area contributed by atoms with Crippen LogP contribution in [0.15, 0.2) is 22.9 Å². The number of allylic oxidation sites excluding steroid dienone is 1. The van der Waals surface area contributed by atoms with Crippen molar-refractivity contribution in [2.75, 3.05) is 6.54 Å². The van der Waals surface area contributed by atoms with Gasteiger partial charge in [0.25, 0.3) is 0 Å². The standard InChI is InChI=1S/C14H14BrN3/c15-14-11(7-16)5-12(8-18-14)10-4-9-2-1-3-17-13(9)6-10/h5-6,8-9,13,17H,1-4H2/t9-,13+/m0/s1. The first-order valence-electron chi connectivity index (χ1n) is 6.28. The zero-order valence-electron chi connectivity index (χ0n) is 9.99. The van der Waals surface area contributed by atoms with E-state index in [1.165, 1.54) is 18.4 Å². The molecule has 3 rings (SSSR count). The van der Waals surface area contributed by atoms with Crippen LogP contribution in [0.25, 0.3) is 5.57 Å². The molecule has 18 heavy (non-hydrogen) atoms. The van der Waals surface area contributed by atoms with Gasteiger partial charge in [-0.25, -0.2) is 4.98 Å². The average Bonchev–Trinajstić information content (AvgIpc) is 2.83. The lowest BCUT2D eigenvalue weighted by Crippen LogP contribution is -2.37. The van der Waals surface area contributed by atoms with Crippen LogP contribution in [-0.2, 0) is 0 Å². The Morgan fingerprint density at radius 1 is 1.50 bits per heavy atom. The number of hydrogen-bond acceptors (Lipinski definition) is 3. The lowest BCUT2D eigenvalue weighted by atomic mass is 9.92. The summed E-state index contributed by atoms with van der Waals surface area (Å²) in [7, 11) is 0. The summed E-state index contributed by atoms with van der Waals surface area (Å²) in [5.41, 5.74) is 3.03. The van der Waals surface area contributed by atoms with Crippen molar-refractivity contribution in [2.24, 2.45) is 5.92 Å². The fourth-order valence-corrected chi connectivity index (χ4v) is 3.19. The SMILES string of the molecule is N#Cc1cc(C2=C[C@H]3NCCC[C@H]3C2)cnc1Br. The lowest BCUT2D eigenvalue weighted by Gasteiger charge is -2.25. The van der Waals surface area contributed by atoms with Gasteiger partial charge in [0.15, 0.2) is 0 Å². The number of hydrogen-bond donors (Lipinski definition) is 1. The maximum atomic E-state index is 9.04. The summed E-state index contributed by atoms with van der Waals surface area (Å²) in [6.07, 6.45) is 7.84. The molecule has 2 aliphatic rings. The molecule has 1 N–H and O–H groups in total. The van der Waals surface area contributed by atoms with Gasteiger partial charge in [-0.05, 0) is 64.9 Å². The number of nitriles is 1. The summed E-state index contributed by atoms with van der Waals surface area (Å²) in [6.45, 7) is 1.12. The van der Waals surface area contributed by atoms with Crippen molar-refractivity contribution in [2.45, 2.75) is 25.3 Å². The minimum atomic E-state index is 0.517. The Morgan fingerprint density at radius 2 is 2.39 bits per heavy atom. The molecule has 92 valence electrons. The highest BCUT2D eigenvalue weighted by atomic mass is 79.9. The van der Waals surface area contributed by atoms with Gasteiger partial charge in [0.1, 0.15) is 10.7 Å². The molecule has 1 aliphatic heterocycles. The molecule has 0 saturated carbocycles. The summed E-state index contributed by atoms with van der Waals surface area (Å²) in [4.78, 5) is 4.24. The summed E-state index contributed by atoms with van der Waals surface area (Å²) in [5.74, 6) is 0.725. The third-order valence-corrected chi connectivity index (χ3v) is 4.46. The highest BCUT2D eigenvalue weighted by Crippen LogP contribution is 2.37. The molecule has 0 aromatic carbocycles. The number of aromatic nitrogens is 1. The lowest BCUT2D eigenvalue weighted by molar-refractivity contribution is 0.341. The van der Waals surface area contributed by atoms with Crippen LogP contribution in [0.5, 0.6) is 0 Å². The largest absolute Gasteiger partial charge is 0.310 e. The molecule has 4 heteroatoms. The second kappa shape index (κ2) is 4.83. The van der Waals surface area contributed by atoms with Crippen molar-refractivity contribution in [1.82, 2.24) is 10.3 Å². The van der Waals surface area contributed by atoms with E-state index in [1.54, 1.807) is 0 Å². The second-order valence-electron chi connectivity index (χ2n) is 4.95. The molecule has 1 aromatic heterocycles. The van der Waals surface area contributed by atoms with E-state index in [-0.39, 0.29) is 0 Å². The van der Waals surface area contributed by atoms with Gasteiger partial charge in [-0.1, -0.05) is 6.08 Å². The fourth-order valence-electron chi connectivity index (χ4n) is 2.89. The fraction of sp³-hybridized carbons (Fsp3) is 0.429. The summed E-state index contributed by atoms with van der Waals surface area (Å²) in [5, 5.41) is 12.6. The molecule has 0 amide bonds.